The van der Waals surface area contributed by atoms with Crippen molar-refractivity contribution in [3.05, 3.63) is 66.0 Å². The summed E-state index contributed by atoms with van der Waals surface area (Å²) in [7, 11) is 0. The summed E-state index contributed by atoms with van der Waals surface area (Å²) in [5.41, 5.74) is 7.70. The van der Waals surface area contributed by atoms with Gasteiger partial charge in [0.25, 0.3) is 0 Å². The van der Waals surface area contributed by atoms with Gasteiger partial charge in [-0.05, 0) is 17.7 Å². The van der Waals surface area contributed by atoms with E-state index in [2.05, 4.69) is 14.8 Å². The van der Waals surface area contributed by atoms with Crippen LogP contribution in [-0.2, 0) is 11.3 Å². The quantitative estimate of drug-likeness (QED) is 0.907. The number of amides is 1. The molecule has 0 radical (unpaired) electrons. The van der Waals surface area contributed by atoms with Gasteiger partial charge in [-0.15, -0.1) is 0 Å². The Balaban J connectivity index is 1.62. The lowest BCUT2D eigenvalue weighted by Gasteiger charge is -2.38. The molecule has 3 rings (SSSR count). The first-order valence-electron chi connectivity index (χ1n) is 7.94. The minimum absolute atomic E-state index is 0.283. The van der Waals surface area contributed by atoms with Crippen LogP contribution in [0.4, 0.5) is 0 Å². The van der Waals surface area contributed by atoms with E-state index in [0.717, 1.165) is 44.0 Å². The SMILES string of the molecule is NC(=O)[C@@H](c1ccccc1)N1CCN(Cc2ccccn2)CC1. The largest absolute Gasteiger partial charge is 0.368 e. The minimum atomic E-state index is -0.340. The summed E-state index contributed by atoms with van der Waals surface area (Å²) in [5.74, 6) is -0.283. The maximum atomic E-state index is 11.9. The molecule has 120 valence electrons. The molecular formula is C18H22N4O. The molecular weight excluding hydrogens is 288 g/mol. The summed E-state index contributed by atoms with van der Waals surface area (Å²) in [6, 6.07) is 15.4. The lowest BCUT2D eigenvalue weighted by molar-refractivity contribution is -0.124. The Morgan fingerprint density at radius 3 is 2.35 bits per heavy atom. The molecule has 5 heteroatoms. The van der Waals surface area contributed by atoms with Crippen LogP contribution in [-0.4, -0.2) is 46.9 Å². The number of rotatable bonds is 5. The third-order valence-corrected chi connectivity index (χ3v) is 4.27. The molecule has 1 aromatic carbocycles. The second kappa shape index (κ2) is 7.35. The van der Waals surface area contributed by atoms with Crippen LogP contribution in [0.2, 0.25) is 0 Å². The fraction of sp³-hybridized carbons (Fsp3) is 0.333. The minimum Gasteiger partial charge on any atom is -0.368 e. The van der Waals surface area contributed by atoms with Crippen molar-refractivity contribution in [3.8, 4) is 0 Å². The lowest BCUT2D eigenvalue weighted by atomic mass is 10.0. The normalized spacial score (nSPS) is 17.7. The van der Waals surface area contributed by atoms with Crippen LogP contribution in [0.5, 0.6) is 0 Å². The highest BCUT2D eigenvalue weighted by Crippen LogP contribution is 2.22. The molecule has 5 nitrogen and oxygen atoms in total. The number of piperazine rings is 1. The number of pyridine rings is 1. The van der Waals surface area contributed by atoms with Gasteiger partial charge in [-0.25, -0.2) is 0 Å². The van der Waals surface area contributed by atoms with E-state index in [1.165, 1.54) is 0 Å². The van der Waals surface area contributed by atoms with E-state index in [4.69, 9.17) is 5.73 Å². The Kier molecular flexibility index (Phi) is 5.00. The summed E-state index contributed by atoms with van der Waals surface area (Å²) in [6.45, 7) is 4.33. The van der Waals surface area contributed by atoms with Gasteiger partial charge < -0.3 is 5.73 Å². The average Bonchev–Trinajstić information content (AvgIpc) is 2.58. The number of aromatic nitrogens is 1. The number of nitrogens with two attached hydrogens (primary N) is 1. The maximum absolute atomic E-state index is 11.9. The van der Waals surface area contributed by atoms with E-state index < -0.39 is 0 Å². The zero-order valence-corrected chi connectivity index (χ0v) is 13.1. The summed E-state index contributed by atoms with van der Waals surface area (Å²) in [5, 5.41) is 0. The highest BCUT2D eigenvalue weighted by Gasteiger charge is 2.28. The number of hydrogen-bond acceptors (Lipinski definition) is 4. The van der Waals surface area contributed by atoms with Crippen molar-refractivity contribution in [2.45, 2.75) is 12.6 Å². The van der Waals surface area contributed by atoms with E-state index in [9.17, 15) is 4.79 Å². The van der Waals surface area contributed by atoms with Gasteiger partial charge in [0, 0.05) is 38.9 Å². The second-order valence-electron chi connectivity index (χ2n) is 5.85. The molecule has 1 atom stereocenters. The maximum Gasteiger partial charge on any atom is 0.239 e. The zero-order chi connectivity index (χ0) is 16.1. The van der Waals surface area contributed by atoms with Gasteiger partial charge in [-0.2, -0.15) is 0 Å². The van der Waals surface area contributed by atoms with Crippen molar-refractivity contribution < 1.29 is 4.79 Å². The van der Waals surface area contributed by atoms with Gasteiger partial charge in [0.05, 0.1) is 5.69 Å². The molecule has 1 fully saturated rings. The molecule has 0 spiro atoms. The van der Waals surface area contributed by atoms with Crippen molar-refractivity contribution in [1.82, 2.24) is 14.8 Å². The van der Waals surface area contributed by atoms with Crippen LogP contribution in [0.1, 0.15) is 17.3 Å². The first-order valence-corrected chi connectivity index (χ1v) is 7.94. The van der Waals surface area contributed by atoms with Crippen molar-refractivity contribution in [1.29, 1.82) is 0 Å². The standard InChI is InChI=1S/C18H22N4O/c19-18(23)17(15-6-2-1-3-7-15)22-12-10-21(11-13-22)14-16-8-4-5-9-20-16/h1-9,17H,10-14H2,(H2,19,23)/t17-/m1/s1. The summed E-state index contributed by atoms with van der Waals surface area (Å²) in [6.07, 6.45) is 1.82. The second-order valence-corrected chi connectivity index (χ2v) is 5.85. The number of carbonyl (C=O) groups is 1. The summed E-state index contributed by atoms with van der Waals surface area (Å²) in [4.78, 5) is 20.8. The van der Waals surface area contributed by atoms with Crippen LogP contribution in [0.15, 0.2) is 54.7 Å². The number of benzene rings is 1. The number of nitrogens with zero attached hydrogens (tertiary/aromatic N) is 3. The molecule has 23 heavy (non-hydrogen) atoms. The van der Waals surface area contributed by atoms with Crippen LogP contribution >= 0.6 is 0 Å². The van der Waals surface area contributed by atoms with E-state index in [1.807, 2.05) is 54.7 Å². The van der Waals surface area contributed by atoms with Crippen LogP contribution in [0.25, 0.3) is 0 Å². The first-order chi connectivity index (χ1) is 11.2. The third kappa shape index (κ3) is 3.94. The predicted molar refractivity (Wildman–Crippen MR) is 89.5 cm³/mol. The Labute approximate surface area is 136 Å². The number of hydrogen-bond donors (Lipinski definition) is 1. The van der Waals surface area contributed by atoms with Crippen LogP contribution in [0, 0.1) is 0 Å². The molecule has 2 heterocycles. The predicted octanol–water partition coefficient (Wildman–Crippen LogP) is 1.43. The average molecular weight is 310 g/mol. The van der Waals surface area contributed by atoms with Gasteiger partial charge in [0.1, 0.15) is 6.04 Å². The van der Waals surface area contributed by atoms with Crippen molar-refractivity contribution in [2.24, 2.45) is 5.73 Å². The van der Waals surface area contributed by atoms with E-state index >= 15 is 0 Å². The molecule has 2 aromatic rings. The smallest absolute Gasteiger partial charge is 0.239 e. The fourth-order valence-corrected chi connectivity index (χ4v) is 3.09. The van der Waals surface area contributed by atoms with Crippen molar-refractivity contribution in [3.63, 3.8) is 0 Å². The molecule has 2 N–H and O–H groups in total. The molecule has 0 unspecified atom stereocenters. The molecule has 1 saturated heterocycles. The first kappa shape index (κ1) is 15.6. The van der Waals surface area contributed by atoms with E-state index in [0.29, 0.717) is 0 Å². The van der Waals surface area contributed by atoms with Gasteiger partial charge >= 0.3 is 0 Å². The summed E-state index contributed by atoms with van der Waals surface area (Å²) < 4.78 is 0. The Bertz CT molecular complexity index is 624. The Morgan fingerprint density at radius 2 is 1.74 bits per heavy atom. The van der Waals surface area contributed by atoms with E-state index in [1.54, 1.807) is 0 Å². The Hall–Kier alpha value is -2.24. The van der Waals surface area contributed by atoms with Crippen LogP contribution < -0.4 is 5.73 Å². The van der Waals surface area contributed by atoms with Gasteiger partial charge in [0.2, 0.25) is 5.91 Å². The molecule has 0 aliphatic carbocycles. The highest BCUT2D eigenvalue weighted by atomic mass is 16.1. The molecule has 0 bridgehead atoms. The summed E-state index contributed by atoms with van der Waals surface area (Å²) >= 11 is 0. The molecule has 0 saturated carbocycles. The lowest BCUT2D eigenvalue weighted by Crippen LogP contribution is -2.50. The third-order valence-electron chi connectivity index (χ3n) is 4.27. The Morgan fingerprint density at radius 1 is 1.04 bits per heavy atom. The number of primary amides is 1. The van der Waals surface area contributed by atoms with Gasteiger partial charge in [-0.3, -0.25) is 19.6 Å². The fourth-order valence-electron chi connectivity index (χ4n) is 3.09. The van der Waals surface area contributed by atoms with Crippen molar-refractivity contribution in [2.75, 3.05) is 26.2 Å². The number of carbonyl (C=O) groups excluding carboxylic acids is 1. The van der Waals surface area contributed by atoms with Crippen molar-refractivity contribution >= 4 is 5.91 Å². The molecule has 1 aliphatic heterocycles. The van der Waals surface area contributed by atoms with E-state index in [-0.39, 0.29) is 11.9 Å². The molecule has 1 aromatic heterocycles. The molecule has 1 aliphatic rings. The highest BCUT2D eigenvalue weighted by molar-refractivity contribution is 5.81. The topological polar surface area (TPSA) is 62.5 Å². The van der Waals surface area contributed by atoms with Crippen LogP contribution in [0.3, 0.4) is 0 Å². The molecule has 1 amide bonds. The monoisotopic (exact) mass is 310 g/mol. The van der Waals surface area contributed by atoms with Gasteiger partial charge in [-0.1, -0.05) is 36.4 Å². The van der Waals surface area contributed by atoms with Gasteiger partial charge in [0.15, 0.2) is 0 Å². The zero-order valence-electron chi connectivity index (χ0n) is 13.1.